The molecule has 5 heteroatoms. The first kappa shape index (κ1) is 21.2. The Morgan fingerprint density at radius 2 is 2.00 bits per heavy atom. The molecule has 2 rings (SSSR count). The quantitative estimate of drug-likeness (QED) is 0.200. The van der Waals surface area contributed by atoms with E-state index in [-0.39, 0.29) is 0 Å². The molecule has 0 aliphatic heterocycles. The molecule has 1 aromatic carbocycles. The number of rotatable bonds is 1. The van der Waals surface area contributed by atoms with E-state index in [1.165, 1.54) is 16.7 Å². The van der Waals surface area contributed by atoms with E-state index in [0.29, 0.717) is 5.02 Å². The molecule has 0 amide bonds. The third kappa shape index (κ3) is 6.56. The number of alkyl halides is 1. The van der Waals surface area contributed by atoms with Gasteiger partial charge in [0.25, 0.3) is 0 Å². The Balaban J connectivity index is 0.000000540. The van der Waals surface area contributed by atoms with Crippen LogP contribution in [-0.4, -0.2) is 18.6 Å². The maximum atomic E-state index is 6.07. The van der Waals surface area contributed by atoms with Gasteiger partial charge < -0.3 is 5.73 Å². The van der Waals surface area contributed by atoms with E-state index < -0.39 is 0 Å². The fourth-order valence-electron chi connectivity index (χ4n) is 2.00. The van der Waals surface area contributed by atoms with Gasteiger partial charge in [0.1, 0.15) is 0 Å². The summed E-state index contributed by atoms with van der Waals surface area (Å²) in [7, 11) is 1.75. The van der Waals surface area contributed by atoms with Gasteiger partial charge in [0.2, 0.25) is 0 Å². The number of nitrogens with zero attached hydrogens (tertiary/aromatic N) is 1. The average Bonchev–Trinajstić information content (AvgIpc) is 2.71. The standard InChI is InChI=1S/C12H13BrClN.C3H6BrN.C2H2/c1-7-2-4-8-9(5-3-7)12(15)11(14)6-10(8)13;1-5-3-2-4;1-2/h2,6H,3-5,15H2,1H3;3H,2H2,1H3;1-2H. The maximum absolute atomic E-state index is 6.07. The Hall–Kier alpha value is -0.760. The summed E-state index contributed by atoms with van der Waals surface area (Å²) in [6, 6.07) is 1.89. The van der Waals surface area contributed by atoms with Gasteiger partial charge in [-0.3, -0.25) is 4.99 Å². The first-order valence-corrected chi connectivity index (χ1v) is 9.01. The normalized spacial score (nSPS) is 13.0. The lowest BCUT2D eigenvalue weighted by Gasteiger charge is -2.12. The van der Waals surface area contributed by atoms with Crippen LogP contribution < -0.4 is 5.73 Å². The molecule has 0 radical (unpaired) electrons. The molecule has 0 aromatic heterocycles. The monoisotopic (exact) mass is 446 g/mol. The van der Waals surface area contributed by atoms with Gasteiger partial charge in [-0.05, 0) is 43.4 Å². The molecular weight excluding hydrogens is 427 g/mol. The van der Waals surface area contributed by atoms with Gasteiger partial charge in [-0.2, -0.15) is 0 Å². The Morgan fingerprint density at radius 1 is 1.36 bits per heavy atom. The zero-order valence-electron chi connectivity index (χ0n) is 12.9. The van der Waals surface area contributed by atoms with E-state index in [2.05, 4.69) is 62.7 Å². The van der Waals surface area contributed by atoms with Gasteiger partial charge in [0.05, 0.1) is 10.7 Å². The lowest BCUT2D eigenvalue weighted by atomic mass is 10.0. The first-order valence-electron chi connectivity index (χ1n) is 6.72. The lowest BCUT2D eigenvalue weighted by molar-refractivity contribution is 0.949. The summed E-state index contributed by atoms with van der Waals surface area (Å²) in [6.07, 6.45) is 15.1. The van der Waals surface area contributed by atoms with E-state index in [0.717, 1.165) is 34.8 Å². The van der Waals surface area contributed by atoms with Crippen LogP contribution in [0.25, 0.3) is 0 Å². The van der Waals surface area contributed by atoms with Crippen molar-refractivity contribution in [2.24, 2.45) is 4.99 Å². The number of allylic oxidation sites excluding steroid dienone is 2. The van der Waals surface area contributed by atoms with E-state index >= 15 is 0 Å². The van der Waals surface area contributed by atoms with Gasteiger partial charge in [-0.15, -0.1) is 12.8 Å². The number of fused-ring (bicyclic) bond motifs is 1. The van der Waals surface area contributed by atoms with E-state index in [4.69, 9.17) is 17.3 Å². The molecule has 0 saturated heterocycles. The van der Waals surface area contributed by atoms with Crippen LogP contribution in [0.5, 0.6) is 0 Å². The van der Waals surface area contributed by atoms with Gasteiger partial charge in [-0.25, -0.2) is 0 Å². The molecule has 0 atom stereocenters. The van der Waals surface area contributed by atoms with Crippen LogP contribution >= 0.6 is 43.5 Å². The third-order valence-corrected chi connectivity index (χ3v) is 4.47. The molecule has 0 spiro atoms. The largest absolute Gasteiger partial charge is 0.397 e. The van der Waals surface area contributed by atoms with Gasteiger partial charge in [-0.1, -0.05) is 55.1 Å². The number of anilines is 1. The SMILES string of the molecule is C#C.CC1=CCc2c(Br)cc(Cl)c(N)c2CC1.CN=CCBr. The topological polar surface area (TPSA) is 38.4 Å². The number of nitrogens with two attached hydrogens (primary N) is 1. The highest BCUT2D eigenvalue weighted by atomic mass is 79.9. The smallest absolute Gasteiger partial charge is 0.0649 e. The maximum Gasteiger partial charge on any atom is 0.0649 e. The van der Waals surface area contributed by atoms with Crippen molar-refractivity contribution in [3.05, 3.63) is 38.3 Å². The fourth-order valence-corrected chi connectivity index (χ4v) is 3.28. The highest BCUT2D eigenvalue weighted by Gasteiger charge is 2.15. The third-order valence-electron chi connectivity index (χ3n) is 3.16. The average molecular weight is 449 g/mol. The summed E-state index contributed by atoms with van der Waals surface area (Å²) in [5.41, 5.74) is 10.7. The van der Waals surface area contributed by atoms with Crippen molar-refractivity contribution in [2.75, 3.05) is 18.1 Å². The first-order chi connectivity index (χ1) is 10.5. The Labute approximate surface area is 155 Å². The zero-order valence-corrected chi connectivity index (χ0v) is 16.8. The lowest BCUT2D eigenvalue weighted by Crippen LogP contribution is -2.00. The molecule has 2 nitrogen and oxygen atoms in total. The van der Waals surface area contributed by atoms with Crippen molar-refractivity contribution in [1.29, 1.82) is 0 Å². The van der Waals surface area contributed by atoms with Crippen LogP contribution in [0.2, 0.25) is 5.02 Å². The van der Waals surface area contributed by atoms with Gasteiger partial charge >= 0.3 is 0 Å². The molecule has 1 aliphatic carbocycles. The fraction of sp³-hybridized carbons (Fsp3) is 0.353. The van der Waals surface area contributed by atoms with Crippen molar-refractivity contribution < 1.29 is 0 Å². The second-order valence-corrected chi connectivity index (χ2v) is 6.47. The number of terminal acetylenes is 1. The highest BCUT2D eigenvalue weighted by molar-refractivity contribution is 9.10. The van der Waals surface area contributed by atoms with E-state index in [1.807, 2.05) is 6.07 Å². The second kappa shape index (κ2) is 11.8. The zero-order chi connectivity index (χ0) is 17.1. The predicted molar refractivity (Wildman–Crippen MR) is 107 cm³/mol. The number of aliphatic imine (C=N–C) groups is 1. The highest BCUT2D eigenvalue weighted by Crippen LogP contribution is 2.35. The minimum absolute atomic E-state index is 0.653. The summed E-state index contributed by atoms with van der Waals surface area (Å²) in [4.78, 5) is 3.68. The van der Waals surface area contributed by atoms with E-state index in [9.17, 15) is 0 Å². The van der Waals surface area contributed by atoms with Crippen LogP contribution in [0.1, 0.15) is 24.5 Å². The minimum atomic E-state index is 0.653. The molecule has 0 saturated carbocycles. The number of benzene rings is 1. The molecule has 22 heavy (non-hydrogen) atoms. The van der Waals surface area contributed by atoms with Crippen molar-refractivity contribution >= 4 is 55.4 Å². The van der Waals surface area contributed by atoms with Crippen molar-refractivity contribution in [3.8, 4) is 12.8 Å². The van der Waals surface area contributed by atoms with Crippen LogP contribution in [0.4, 0.5) is 5.69 Å². The second-order valence-electron chi connectivity index (χ2n) is 4.56. The number of halogens is 3. The summed E-state index contributed by atoms with van der Waals surface area (Å²) in [5.74, 6) is 0. The number of hydrogen-bond donors (Lipinski definition) is 1. The predicted octanol–water partition coefficient (Wildman–Crippen LogP) is 5.45. The van der Waals surface area contributed by atoms with Crippen LogP contribution in [0.15, 0.2) is 27.2 Å². The molecule has 2 N–H and O–H groups in total. The Morgan fingerprint density at radius 3 is 2.50 bits per heavy atom. The molecule has 0 bridgehead atoms. The Kier molecular flexibility index (Phi) is 11.4. The number of hydrogen-bond acceptors (Lipinski definition) is 2. The van der Waals surface area contributed by atoms with Crippen LogP contribution in [0, 0.1) is 12.8 Å². The van der Waals surface area contributed by atoms with Crippen molar-refractivity contribution in [1.82, 2.24) is 0 Å². The molecule has 0 heterocycles. The molecule has 0 unspecified atom stereocenters. The summed E-state index contributed by atoms with van der Waals surface area (Å²) in [6.45, 7) is 2.16. The summed E-state index contributed by atoms with van der Waals surface area (Å²) in [5, 5.41) is 1.52. The Bertz CT molecular complexity index is 564. The van der Waals surface area contributed by atoms with Crippen molar-refractivity contribution in [3.63, 3.8) is 0 Å². The van der Waals surface area contributed by atoms with Crippen LogP contribution in [0.3, 0.4) is 0 Å². The molecular formula is C17H21Br2ClN2. The number of nitrogen functional groups attached to an aromatic ring is 1. The summed E-state index contributed by atoms with van der Waals surface area (Å²) >= 11 is 12.8. The molecule has 0 fully saturated rings. The molecule has 120 valence electrons. The minimum Gasteiger partial charge on any atom is -0.397 e. The van der Waals surface area contributed by atoms with Crippen molar-refractivity contribution in [2.45, 2.75) is 26.2 Å². The van der Waals surface area contributed by atoms with E-state index in [1.54, 1.807) is 13.3 Å². The molecule has 1 aromatic rings. The van der Waals surface area contributed by atoms with Crippen LogP contribution in [-0.2, 0) is 12.8 Å². The summed E-state index contributed by atoms with van der Waals surface area (Å²) < 4.78 is 1.07. The van der Waals surface area contributed by atoms with Gasteiger partial charge in [0, 0.05) is 23.1 Å². The molecule has 1 aliphatic rings. The van der Waals surface area contributed by atoms with Gasteiger partial charge in [0.15, 0.2) is 0 Å².